The standard InChI is InChI=1S/C10H12N2.C2H6/c1-2-5-10(6-3-1)9-12-8-4-7-11-12;1-2/h1-2,4-5,7-8H,3,6,9H2;1-2H3. The summed E-state index contributed by atoms with van der Waals surface area (Å²) in [5.74, 6) is 0. The van der Waals surface area contributed by atoms with Crippen molar-refractivity contribution in [3.05, 3.63) is 42.3 Å². The Bertz CT molecular complexity index is 294. The minimum absolute atomic E-state index is 0.942. The molecule has 1 aliphatic carbocycles. The van der Waals surface area contributed by atoms with Crippen LogP contribution in [0.2, 0.25) is 0 Å². The molecule has 0 radical (unpaired) electrons. The van der Waals surface area contributed by atoms with Crippen LogP contribution >= 0.6 is 0 Å². The Morgan fingerprint density at radius 2 is 2.29 bits per heavy atom. The monoisotopic (exact) mass is 190 g/mol. The van der Waals surface area contributed by atoms with E-state index in [1.54, 1.807) is 0 Å². The van der Waals surface area contributed by atoms with E-state index >= 15 is 0 Å². The first-order valence-corrected chi connectivity index (χ1v) is 5.27. The van der Waals surface area contributed by atoms with E-state index in [0.717, 1.165) is 6.54 Å². The zero-order valence-corrected chi connectivity index (χ0v) is 8.98. The second-order valence-corrected chi connectivity index (χ2v) is 3.00. The lowest BCUT2D eigenvalue weighted by Crippen LogP contribution is -2.02. The summed E-state index contributed by atoms with van der Waals surface area (Å²) in [5.41, 5.74) is 1.46. The zero-order chi connectivity index (χ0) is 10.2. The summed E-state index contributed by atoms with van der Waals surface area (Å²) < 4.78 is 1.96. The average molecular weight is 190 g/mol. The molecule has 1 aromatic rings. The summed E-state index contributed by atoms with van der Waals surface area (Å²) in [6.45, 7) is 4.94. The van der Waals surface area contributed by atoms with Crippen LogP contribution < -0.4 is 0 Å². The fourth-order valence-corrected chi connectivity index (χ4v) is 1.39. The van der Waals surface area contributed by atoms with Crippen molar-refractivity contribution in [1.29, 1.82) is 0 Å². The predicted molar refractivity (Wildman–Crippen MR) is 60.0 cm³/mol. The van der Waals surface area contributed by atoms with Gasteiger partial charge in [-0.05, 0) is 24.5 Å². The molecule has 14 heavy (non-hydrogen) atoms. The van der Waals surface area contributed by atoms with Crippen molar-refractivity contribution in [2.24, 2.45) is 0 Å². The summed E-state index contributed by atoms with van der Waals surface area (Å²) in [4.78, 5) is 0. The van der Waals surface area contributed by atoms with Gasteiger partial charge in [-0.25, -0.2) is 0 Å². The molecule has 76 valence electrons. The number of aromatic nitrogens is 2. The molecule has 0 saturated carbocycles. The Morgan fingerprint density at radius 3 is 2.86 bits per heavy atom. The smallest absolute Gasteiger partial charge is 0.0622 e. The van der Waals surface area contributed by atoms with Crippen LogP contribution in [0.25, 0.3) is 0 Å². The maximum Gasteiger partial charge on any atom is 0.0622 e. The molecule has 1 aromatic heterocycles. The van der Waals surface area contributed by atoms with Crippen LogP contribution in [0.4, 0.5) is 0 Å². The van der Waals surface area contributed by atoms with Crippen molar-refractivity contribution < 1.29 is 0 Å². The first-order valence-electron chi connectivity index (χ1n) is 5.27. The van der Waals surface area contributed by atoms with Crippen molar-refractivity contribution in [2.45, 2.75) is 33.2 Å². The summed E-state index contributed by atoms with van der Waals surface area (Å²) in [6.07, 6.45) is 12.7. The molecule has 0 N–H and O–H groups in total. The highest BCUT2D eigenvalue weighted by molar-refractivity contribution is 5.17. The molecule has 2 rings (SSSR count). The van der Waals surface area contributed by atoms with Crippen LogP contribution in [0.15, 0.2) is 42.3 Å². The van der Waals surface area contributed by atoms with Gasteiger partial charge in [-0.1, -0.05) is 32.1 Å². The Balaban J connectivity index is 0.000000461. The van der Waals surface area contributed by atoms with Gasteiger partial charge in [0.05, 0.1) is 6.54 Å². The van der Waals surface area contributed by atoms with Crippen molar-refractivity contribution >= 4 is 0 Å². The molecule has 0 saturated heterocycles. The second-order valence-electron chi connectivity index (χ2n) is 3.00. The fraction of sp³-hybridized carbons (Fsp3) is 0.417. The van der Waals surface area contributed by atoms with E-state index in [1.165, 1.54) is 18.4 Å². The molecule has 0 spiro atoms. The number of nitrogens with zero attached hydrogens (tertiary/aromatic N) is 2. The van der Waals surface area contributed by atoms with Crippen LogP contribution in [0.1, 0.15) is 26.7 Å². The molecule has 0 amide bonds. The van der Waals surface area contributed by atoms with Crippen LogP contribution in [-0.2, 0) is 6.54 Å². The maximum absolute atomic E-state index is 4.16. The third-order valence-corrected chi connectivity index (χ3v) is 2.02. The van der Waals surface area contributed by atoms with Gasteiger partial charge in [0.15, 0.2) is 0 Å². The van der Waals surface area contributed by atoms with Crippen molar-refractivity contribution in [3.8, 4) is 0 Å². The lowest BCUT2D eigenvalue weighted by atomic mass is 10.1. The molecule has 0 fully saturated rings. The lowest BCUT2D eigenvalue weighted by molar-refractivity contribution is 0.654. The van der Waals surface area contributed by atoms with Crippen LogP contribution in [-0.4, -0.2) is 9.78 Å². The van der Waals surface area contributed by atoms with Gasteiger partial charge in [-0.15, -0.1) is 0 Å². The SMILES string of the molecule is C1=CCCC(Cn2cccn2)=C1.CC. The van der Waals surface area contributed by atoms with Gasteiger partial charge >= 0.3 is 0 Å². The first kappa shape index (κ1) is 10.8. The van der Waals surface area contributed by atoms with Gasteiger partial charge in [0.2, 0.25) is 0 Å². The molecule has 0 aromatic carbocycles. The number of allylic oxidation sites excluding steroid dienone is 4. The summed E-state index contributed by atoms with van der Waals surface area (Å²) in [6, 6.07) is 1.96. The molecule has 0 bridgehead atoms. The predicted octanol–water partition coefficient (Wildman–Crippen LogP) is 3.19. The van der Waals surface area contributed by atoms with E-state index in [1.807, 2.05) is 37.0 Å². The van der Waals surface area contributed by atoms with Crippen molar-refractivity contribution in [3.63, 3.8) is 0 Å². The fourth-order valence-electron chi connectivity index (χ4n) is 1.39. The number of hydrogen-bond acceptors (Lipinski definition) is 1. The van der Waals surface area contributed by atoms with Crippen LogP contribution in [0.3, 0.4) is 0 Å². The highest BCUT2D eigenvalue weighted by Crippen LogP contribution is 2.12. The number of rotatable bonds is 2. The Hall–Kier alpha value is -1.31. The minimum Gasteiger partial charge on any atom is -0.269 e. The highest BCUT2D eigenvalue weighted by atomic mass is 15.3. The molecular weight excluding hydrogens is 172 g/mol. The quantitative estimate of drug-likeness (QED) is 0.700. The zero-order valence-electron chi connectivity index (χ0n) is 8.98. The third-order valence-electron chi connectivity index (χ3n) is 2.02. The first-order chi connectivity index (χ1) is 6.95. The summed E-state index contributed by atoms with van der Waals surface area (Å²) in [7, 11) is 0. The van der Waals surface area contributed by atoms with E-state index in [0.29, 0.717) is 0 Å². The van der Waals surface area contributed by atoms with Gasteiger partial charge in [0, 0.05) is 12.4 Å². The van der Waals surface area contributed by atoms with Gasteiger partial charge in [-0.2, -0.15) is 5.10 Å². The van der Waals surface area contributed by atoms with Crippen LogP contribution in [0, 0.1) is 0 Å². The summed E-state index contributed by atoms with van der Waals surface area (Å²) in [5, 5.41) is 4.16. The highest BCUT2D eigenvalue weighted by Gasteiger charge is 1.99. The second kappa shape index (κ2) is 6.19. The molecule has 1 heterocycles. The molecule has 2 nitrogen and oxygen atoms in total. The van der Waals surface area contributed by atoms with E-state index < -0.39 is 0 Å². The number of hydrogen-bond donors (Lipinski definition) is 0. The van der Waals surface area contributed by atoms with E-state index in [4.69, 9.17) is 0 Å². The normalized spacial score (nSPS) is 14.3. The molecule has 0 unspecified atom stereocenters. The minimum atomic E-state index is 0.942. The largest absolute Gasteiger partial charge is 0.269 e. The average Bonchev–Trinajstić information content (AvgIpc) is 2.75. The van der Waals surface area contributed by atoms with E-state index in [9.17, 15) is 0 Å². The van der Waals surface area contributed by atoms with Gasteiger partial charge in [0.1, 0.15) is 0 Å². The molecule has 0 atom stereocenters. The van der Waals surface area contributed by atoms with Gasteiger partial charge in [-0.3, -0.25) is 4.68 Å². The topological polar surface area (TPSA) is 17.8 Å². The Labute approximate surface area is 85.9 Å². The molecule has 0 aliphatic heterocycles. The van der Waals surface area contributed by atoms with E-state index in [2.05, 4.69) is 23.3 Å². The van der Waals surface area contributed by atoms with Crippen molar-refractivity contribution in [1.82, 2.24) is 9.78 Å². The maximum atomic E-state index is 4.16. The molecular formula is C12H18N2. The van der Waals surface area contributed by atoms with Gasteiger partial charge in [0.25, 0.3) is 0 Å². The van der Waals surface area contributed by atoms with Crippen molar-refractivity contribution in [2.75, 3.05) is 0 Å². The van der Waals surface area contributed by atoms with E-state index in [-0.39, 0.29) is 0 Å². The van der Waals surface area contributed by atoms with Gasteiger partial charge < -0.3 is 0 Å². The van der Waals surface area contributed by atoms with Crippen LogP contribution in [0.5, 0.6) is 0 Å². The Kier molecular flexibility index (Phi) is 4.76. The summed E-state index contributed by atoms with van der Waals surface area (Å²) >= 11 is 0. The molecule has 2 heteroatoms. The Morgan fingerprint density at radius 1 is 1.43 bits per heavy atom. The third kappa shape index (κ3) is 3.21. The lowest BCUT2D eigenvalue weighted by Gasteiger charge is -2.08. The molecule has 1 aliphatic rings.